The molecule has 0 amide bonds. The minimum Gasteiger partial charge on any atom is -0.380 e. The summed E-state index contributed by atoms with van der Waals surface area (Å²) >= 11 is 0. The van der Waals surface area contributed by atoms with Crippen LogP contribution in [-0.2, 0) is 13.0 Å². The molecule has 3 heteroatoms. The second kappa shape index (κ2) is 5.83. The fourth-order valence-corrected chi connectivity index (χ4v) is 2.08. The molecular formula is C15H20N2O. The molecule has 1 atom stereocenters. The third-order valence-corrected chi connectivity index (χ3v) is 3.16. The molecule has 0 saturated carbocycles. The lowest BCUT2D eigenvalue weighted by molar-refractivity contribution is 0.204. The van der Waals surface area contributed by atoms with Crippen LogP contribution in [0.5, 0.6) is 0 Å². The predicted octanol–water partition coefficient (Wildman–Crippen LogP) is 2.94. The zero-order chi connectivity index (χ0) is 13.0. The summed E-state index contributed by atoms with van der Waals surface area (Å²) < 4.78 is 2.01. The molecular weight excluding hydrogens is 224 g/mol. The Morgan fingerprint density at radius 3 is 2.56 bits per heavy atom. The minimum atomic E-state index is -0.641. The van der Waals surface area contributed by atoms with Crippen LogP contribution in [-0.4, -0.2) is 14.7 Å². The van der Waals surface area contributed by atoms with Crippen LogP contribution in [0.3, 0.4) is 0 Å². The van der Waals surface area contributed by atoms with Gasteiger partial charge < -0.3 is 9.67 Å². The van der Waals surface area contributed by atoms with Gasteiger partial charge in [0, 0.05) is 18.9 Å². The average Bonchev–Trinajstić information content (AvgIpc) is 2.87. The SMILES string of the molecule is CCCn1ccnc1C(O)c1ccc(CC)cc1. The van der Waals surface area contributed by atoms with Gasteiger partial charge in [0.1, 0.15) is 11.9 Å². The smallest absolute Gasteiger partial charge is 0.142 e. The van der Waals surface area contributed by atoms with E-state index in [1.807, 2.05) is 22.9 Å². The van der Waals surface area contributed by atoms with Crippen molar-refractivity contribution in [3.63, 3.8) is 0 Å². The lowest BCUT2D eigenvalue weighted by atomic mass is 10.1. The Kier molecular flexibility index (Phi) is 4.15. The van der Waals surface area contributed by atoms with E-state index in [-0.39, 0.29) is 0 Å². The summed E-state index contributed by atoms with van der Waals surface area (Å²) in [4.78, 5) is 4.27. The number of aromatic nitrogens is 2. The van der Waals surface area contributed by atoms with Crippen LogP contribution in [0, 0.1) is 0 Å². The largest absolute Gasteiger partial charge is 0.380 e. The Morgan fingerprint density at radius 2 is 1.94 bits per heavy atom. The van der Waals surface area contributed by atoms with Crippen molar-refractivity contribution < 1.29 is 5.11 Å². The molecule has 1 N–H and O–H groups in total. The van der Waals surface area contributed by atoms with Crippen LogP contribution < -0.4 is 0 Å². The Bertz CT molecular complexity index is 487. The molecule has 1 aromatic carbocycles. The lowest BCUT2D eigenvalue weighted by Crippen LogP contribution is -2.09. The molecule has 1 heterocycles. The van der Waals surface area contributed by atoms with Gasteiger partial charge in [-0.05, 0) is 24.0 Å². The van der Waals surface area contributed by atoms with Gasteiger partial charge in [-0.1, -0.05) is 38.1 Å². The Morgan fingerprint density at radius 1 is 1.22 bits per heavy atom. The summed E-state index contributed by atoms with van der Waals surface area (Å²) in [5.74, 6) is 0.723. The summed E-state index contributed by atoms with van der Waals surface area (Å²) in [6.45, 7) is 5.13. The number of hydrogen-bond acceptors (Lipinski definition) is 2. The maximum atomic E-state index is 10.4. The number of aliphatic hydroxyl groups excluding tert-OH is 1. The molecule has 0 radical (unpaired) electrons. The first-order chi connectivity index (χ1) is 8.76. The molecule has 1 aromatic heterocycles. The van der Waals surface area contributed by atoms with Gasteiger partial charge >= 0.3 is 0 Å². The van der Waals surface area contributed by atoms with Crippen molar-refractivity contribution in [2.24, 2.45) is 0 Å². The Hall–Kier alpha value is -1.61. The monoisotopic (exact) mass is 244 g/mol. The molecule has 96 valence electrons. The van der Waals surface area contributed by atoms with Crippen LogP contribution in [0.2, 0.25) is 0 Å². The molecule has 18 heavy (non-hydrogen) atoms. The van der Waals surface area contributed by atoms with Gasteiger partial charge in [0.15, 0.2) is 0 Å². The van der Waals surface area contributed by atoms with E-state index >= 15 is 0 Å². The van der Waals surface area contributed by atoms with Crippen LogP contribution in [0.4, 0.5) is 0 Å². The number of aryl methyl sites for hydroxylation is 2. The van der Waals surface area contributed by atoms with E-state index < -0.39 is 6.10 Å². The van der Waals surface area contributed by atoms with Crippen molar-refractivity contribution >= 4 is 0 Å². The second-order valence-electron chi connectivity index (χ2n) is 4.48. The molecule has 3 nitrogen and oxygen atoms in total. The first-order valence-electron chi connectivity index (χ1n) is 6.54. The summed E-state index contributed by atoms with van der Waals surface area (Å²) in [5.41, 5.74) is 2.18. The van der Waals surface area contributed by atoms with Crippen molar-refractivity contribution in [1.29, 1.82) is 0 Å². The Balaban J connectivity index is 2.23. The van der Waals surface area contributed by atoms with Crippen molar-refractivity contribution in [1.82, 2.24) is 9.55 Å². The number of aliphatic hydroxyl groups is 1. The highest BCUT2D eigenvalue weighted by Gasteiger charge is 2.15. The van der Waals surface area contributed by atoms with Gasteiger partial charge in [-0.25, -0.2) is 4.98 Å². The van der Waals surface area contributed by atoms with Crippen LogP contribution in [0.1, 0.15) is 43.3 Å². The summed E-state index contributed by atoms with van der Waals surface area (Å²) in [7, 11) is 0. The topological polar surface area (TPSA) is 38.0 Å². The number of imidazole rings is 1. The van der Waals surface area contributed by atoms with E-state index in [1.54, 1.807) is 6.20 Å². The van der Waals surface area contributed by atoms with Crippen molar-refractivity contribution in [2.45, 2.75) is 39.3 Å². The lowest BCUT2D eigenvalue weighted by Gasteiger charge is -2.13. The zero-order valence-corrected chi connectivity index (χ0v) is 11.0. The highest BCUT2D eigenvalue weighted by atomic mass is 16.3. The minimum absolute atomic E-state index is 0.641. The van der Waals surface area contributed by atoms with Crippen molar-refractivity contribution in [2.75, 3.05) is 0 Å². The molecule has 0 saturated heterocycles. The third-order valence-electron chi connectivity index (χ3n) is 3.16. The number of rotatable bonds is 5. The third kappa shape index (κ3) is 2.62. The van der Waals surface area contributed by atoms with Gasteiger partial charge in [0.2, 0.25) is 0 Å². The maximum Gasteiger partial charge on any atom is 0.142 e. The van der Waals surface area contributed by atoms with Crippen LogP contribution in [0.15, 0.2) is 36.7 Å². The number of hydrogen-bond donors (Lipinski definition) is 1. The molecule has 2 rings (SSSR count). The first kappa shape index (κ1) is 12.8. The van der Waals surface area contributed by atoms with E-state index in [0.29, 0.717) is 0 Å². The van der Waals surface area contributed by atoms with E-state index in [0.717, 1.165) is 30.8 Å². The normalized spacial score (nSPS) is 12.6. The van der Waals surface area contributed by atoms with Gasteiger partial charge in [-0.2, -0.15) is 0 Å². The molecule has 0 aliphatic carbocycles. The van der Waals surface area contributed by atoms with Gasteiger partial charge in [0.05, 0.1) is 0 Å². The van der Waals surface area contributed by atoms with Crippen molar-refractivity contribution in [3.05, 3.63) is 53.6 Å². The molecule has 0 fully saturated rings. The molecule has 2 aromatic rings. The predicted molar refractivity (Wildman–Crippen MR) is 72.4 cm³/mol. The van der Waals surface area contributed by atoms with Crippen LogP contribution >= 0.6 is 0 Å². The van der Waals surface area contributed by atoms with E-state index in [2.05, 4.69) is 31.0 Å². The van der Waals surface area contributed by atoms with Crippen LogP contribution in [0.25, 0.3) is 0 Å². The number of benzene rings is 1. The number of nitrogens with zero attached hydrogens (tertiary/aromatic N) is 2. The quantitative estimate of drug-likeness (QED) is 0.878. The van der Waals surface area contributed by atoms with E-state index in [1.165, 1.54) is 5.56 Å². The molecule has 1 unspecified atom stereocenters. The van der Waals surface area contributed by atoms with E-state index in [9.17, 15) is 5.11 Å². The Labute approximate surface area is 108 Å². The highest BCUT2D eigenvalue weighted by molar-refractivity contribution is 5.27. The van der Waals surface area contributed by atoms with E-state index in [4.69, 9.17) is 0 Å². The highest BCUT2D eigenvalue weighted by Crippen LogP contribution is 2.21. The first-order valence-corrected chi connectivity index (χ1v) is 6.54. The maximum absolute atomic E-state index is 10.4. The molecule has 0 aliphatic heterocycles. The van der Waals surface area contributed by atoms with Gasteiger partial charge in [0.25, 0.3) is 0 Å². The summed E-state index contributed by atoms with van der Waals surface area (Å²) in [6, 6.07) is 8.08. The molecule has 0 bridgehead atoms. The summed E-state index contributed by atoms with van der Waals surface area (Å²) in [6.07, 6.45) is 5.07. The van der Waals surface area contributed by atoms with Gasteiger partial charge in [-0.15, -0.1) is 0 Å². The zero-order valence-electron chi connectivity index (χ0n) is 11.0. The average molecular weight is 244 g/mol. The second-order valence-corrected chi connectivity index (χ2v) is 4.48. The van der Waals surface area contributed by atoms with Gasteiger partial charge in [-0.3, -0.25) is 0 Å². The fourth-order valence-electron chi connectivity index (χ4n) is 2.08. The standard InChI is InChI=1S/C15H20N2O/c1-3-10-17-11-9-16-15(17)14(18)13-7-5-12(4-2)6-8-13/h5-9,11,14,18H,3-4,10H2,1-2H3. The van der Waals surface area contributed by atoms with Crippen molar-refractivity contribution in [3.8, 4) is 0 Å². The summed E-state index contributed by atoms with van der Waals surface area (Å²) in [5, 5.41) is 10.4. The molecule has 0 spiro atoms. The fraction of sp³-hybridized carbons (Fsp3) is 0.400. The molecule has 0 aliphatic rings.